The van der Waals surface area contributed by atoms with Crippen LogP contribution >= 0.6 is 0 Å². The van der Waals surface area contributed by atoms with Gasteiger partial charge >= 0.3 is 5.97 Å². The summed E-state index contributed by atoms with van der Waals surface area (Å²) in [5.41, 5.74) is 0.249. The van der Waals surface area contributed by atoms with Gasteiger partial charge in [-0.1, -0.05) is 6.07 Å². The molecule has 2 unspecified atom stereocenters. The summed E-state index contributed by atoms with van der Waals surface area (Å²) in [6.45, 7) is 1.01. The van der Waals surface area contributed by atoms with Crippen LogP contribution in [-0.2, 0) is 6.54 Å². The van der Waals surface area contributed by atoms with Crippen LogP contribution in [0.4, 0.5) is 4.39 Å². The van der Waals surface area contributed by atoms with Crippen molar-refractivity contribution in [2.75, 3.05) is 13.1 Å². The van der Waals surface area contributed by atoms with Crippen LogP contribution in [-0.4, -0.2) is 51.5 Å². The Bertz CT molecular complexity index is 455. The predicted molar refractivity (Wildman–Crippen MR) is 60.6 cm³/mol. The second kappa shape index (κ2) is 5.01. The van der Waals surface area contributed by atoms with Gasteiger partial charge in [0.25, 0.3) is 0 Å². The predicted octanol–water partition coefficient (Wildman–Crippen LogP) is 0.0613. The second-order valence-corrected chi connectivity index (χ2v) is 4.45. The summed E-state index contributed by atoms with van der Waals surface area (Å²) in [6.07, 6.45) is -1.57. The number of hydrogen-bond acceptors (Lipinski definition) is 4. The first-order chi connectivity index (χ1) is 8.47. The molecule has 2 rings (SSSR count). The third kappa shape index (κ3) is 2.66. The number of likely N-dealkylation sites (tertiary alicyclic amines) is 1. The average Bonchev–Trinajstić information content (AvgIpc) is 2.57. The van der Waals surface area contributed by atoms with E-state index in [0.717, 1.165) is 0 Å². The van der Waals surface area contributed by atoms with E-state index in [1.54, 1.807) is 4.90 Å². The van der Waals surface area contributed by atoms with Gasteiger partial charge in [0.1, 0.15) is 5.82 Å². The zero-order valence-corrected chi connectivity index (χ0v) is 9.58. The Balaban J connectivity index is 2.07. The molecule has 1 fully saturated rings. The SMILES string of the molecule is O=C(O)c1ccc(CN2CC(O)C(O)C2)cc1F. The van der Waals surface area contributed by atoms with E-state index in [1.165, 1.54) is 18.2 Å². The molecule has 3 N–H and O–H groups in total. The van der Waals surface area contributed by atoms with Crippen molar-refractivity contribution >= 4 is 5.97 Å². The number of carboxylic acids is 1. The molecule has 0 amide bonds. The van der Waals surface area contributed by atoms with Crippen LogP contribution in [0.5, 0.6) is 0 Å². The Kier molecular flexibility index (Phi) is 3.60. The number of benzene rings is 1. The Morgan fingerprint density at radius 2 is 1.94 bits per heavy atom. The lowest BCUT2D eigenvalue weighted by atomic mass is 10.1. The van der Waals surface area contributed by atoms with E-state index in [-0.39, 0.29) is 5.56 Å². The van der Waals surface area contributed by atoms with Gasteiger partial charge in [-0.15, -0.1) is 0 Å². The highest BCUT2D eigenvalue weighted by Crippen LogP contribution is 2.16. The van der Waals surface area contributed by atoms with Crippen molar-refractivity contribution < 1.29 is 24.5 Å². The lowest BCUT2D eigenvalue weighted by Crippen LogP contribution is -2.22. The van der Waals surface area contributed by atoms with Gasteiger partial charge in [-0.3, -0.25) is 4.90 Å². The van der Waals surface area contributed by atoms with Gasteiger partial charge in [-0.05, 0) is 17.7 Å². The molecule has 0 radical (unpaired) electrons. The number of aromatic carboxylic acids is 1. The van der Waals surface area contributed by atoms with Gasteiger partial charge in [0.2, 0.25) is 0 Å². The molecule has 0 aromatic heterocycles. The highest BCUT2D eigenvalue weighted by molar-refractivity contribution is 5.87. The van der Waals surface area contributed by atoms with E-state index in [0.29, 0.717) is 25.2 Å². The summed E-state index contributed by atoms with van der Waals surface area (Å²) < 4.78 is 13.4. The van der Waals surface area contributed by atoms with E-state index in [2.05, 4.69) is 0 Å². The number of β-amino-alcohol motifs (C(OH)–C–C–N with tert-alkyl or cyclic N) is 2. The van der Waals surface area contributed by atoms with Crippen LogP contribution in [0.25, 0.3) is 0 Å². The summed E-state index contributed by atoms with van der Waals surface area (Å²) in [7, 11) is 0. The molecular formula is C12H14FNO4. The van der Waals surface area contributed by atoms with E-state index in [1.807, 2.05) is 0 Å². The standard InChI is InChI=1S/C12H14FNO4/c13-9-3-7(1-2-8(9)12(17)18)4-14-5-10(15)11(16)6-14/h1-3,10-11,15-16H,4-6H2,(H,17,18). The van der Waals surface area contributed by atoms with E-state index < -0.39 is 24.0 Å². The fraction of sp³-hybridized carbons (Fsp3) is 0.417. The fourth-order valence-corrected chi connectivity index (χ4v) is 2.06. The summed E-state index contributed by atoms with van der Waals surface area (Å²) in [5.74, 6) is -2.08. The molecule has 0 aliphatic carbocycles. The Morgan fingerprint density at radius 1 is 1.33 bits per heavy atom. The average molecular weight is 255 g/mol. The summed E-state index contributed by atoms with van der Waals surface area (Å²) >= 11 is 0. The third-order valence-corrected chi connectivity index (χ3v) is 3.00. The fourth-order valence-electron chi connectivity index (χ4n) is 2.06. The third-order valence-electron chi connectivity index (χ3n) is 3.00. The molecule has 1 aromatic rings. The smallest absolute Gasteiger partial charge is 0.338 e. The molecule has 98 valence electrons. The molecule has 1 saturated heterocycles. The molecule has 0 bridgehead atoms. The molecule has 6 heteroatoms. The Hall–Kier alpha value is -1.50. The number of carbonyl (C=O) groups is 1. The molecule has 1 aliphatic rings. The van der Waals surface area contributed by atoms with Crippen LogP contribution in [0.3, 0.4) is 0 Å². The first kappa shape index (κ1) is 12.9. The zero-order chi connectivity index (χ0) is 13.3. The highest BCUT2D eigenvalue weighted by atomic mass is 19.1. The molecule has 18 heavy (non-hydrogen) atoms. The minimum atomic E-state index is -1.30. The molecule has 0 spiro atoms. The van der Waals surface area contributed by atoms with Crippen molar-refractivity contribution in [3.05, 3.63) is 35.1 Å². The quantitative estimate of drug-likeness (QED) is 0.711. The van der Waals surface area contributed by atoms with Crippen LogP contribution in [0.1, 0.15) is 15.9 Å². The number of rotatable bonds is 3. The van der Waals surface area contributed by atoms with Crippen molar-refractivity contribution in [1.29, 1.82) is 0 Å². The molecule has 1 heterocycles. The highest BCUT2D eigenvalue weighted by Gasteiger charge is 2.29. The Labute approximate surface area is 103 Å². The molecule has 5 nitrogen and oxygen atoms in total. The van der Waals surface area contributed by atoms with Crippen molar-refractivity contribution in [1.82, 2.24) is 4.90 Å². The van der Waals surface area contributed by atoms with Crippen LogP contribution in [0.15, 0.2) is 18.2 Å². The summed E-state index contributed by atoms with van der Waals surface area (Å²) in [4.78, 5) is 12.4. The van der Waals surface area contributed by atoms with Crippen molar-refractivity contribution in [3.8, 4) is 0 Å². The largest absolute Gasteiger partial charge is 0.478 e. The van der Waals surface area contributed by atoms with Gasteiger partial charge in [0, 0.05) is 19.6 Å². The summed E-state index contributed by atoms with van der Waals surface area (Å²) in [5, 5.41) is 27.4. The maximum atomic E-state index is 13.4. The van der Waals surface area contributed by atoms with Gasteiger partial charge in [-0.2, -0.15) is 0 Å². The van der Waals surface area contributed by atoms with E-state index in [4.69, 9.17) is 5.11 Å². The second-order valence-electron chi connectivity index (χ2n) is 4.45. The number of aliphatic hydroxyl groups excluding tert-OH is 2. The molecule has 1 aliphatic heterocycles. The molecular weight excluding hydrogens is 241 g/mol. The lowest BCUT2D eigenvalue weighted by Gasteiger charge is -2.14. The first-order valence-electron chi connectivity index (χ1n) is 5.57. The van der Waals surface area contributed by atoms with Crippen molar-refractivity contribution in [2.45, 2.75) is 18.8 Å². The Morgan fingerprint density at radius 3 is 2.44 bits per heavy atom. The maximum Gasteiger partial charge on any atom is 0.338 e. The number of hydrogen-bond donors (Lipinski definition) is 3. The topological polar surface area (TPSA) is 81.0 Å². The van der Waals surface area contributed by atoms with Gasteiger partial charge < -0.3 is 15.3 Å². The van der Waals surface area contributed by atoms with Crippen LogP contribution in [0, 0.1) is 5.82 Å². The van der Waals surface area contributed by atoms with Crippen LogP contribution < -0.4 is 0 Å². The monoisotopic (exact) mass is 255 g/mol. The number of halogens is 1. The van der Waals surface area contributed by atoms with Gasteiger partial charge in [0.05, 0.1) is 17.8 Å². The lowest BCUT2D eigenvalue weighted by molar-refractivity contribution is 0.0572. The maximum absolute atomic E-state index is 13.4. The number of carboxylic acid groups (broad SMARTS) is 1. The summed E-state index contributed by atoms with van der Waals surface area (Å²) in [6, 6.07) is 3.92. The van der Waals surface area contributed by atoms with E-state index in [9.17, 15) is 19.4 Å². The van der Waals surface area contributed by atoms with E-state index >= 15 is 0 Å². The molecule has 0 saturated carbocycles. The normalized spacial score (nSPS) is 24.4. The van der Waals surface area contributed by atoms with Crippen molar-refractivity contribution in [3.63, 3.8) is 0 Å². The minimum Gasteiger partial charge on any atom is -0.478 e. The number of nitrogens with zero attached hydrogens (tertiary/aromatic N) is 1. The van der Waals surface area contributed by atoms with Crippen molar-refractivity contribution in [2.24, 2.45) is 0 Å². The molecule has 1 aromatic carbocycles. The zero-order valence-electron chi connectivity index (χ0n) is 9.58. The minimum absolute atomic E-state index is 0.323. The van der Waals surface area contributed by atoms with Gasteiger partial charge in [-0.25, -0.2) is 9.18 Å². The first-order valence-corrected chi connectivity index (χ1v) is 5.57. The van der Waals surface area contributed by atoms with Crippen LogP contribution in [0.2, 0.25) is 0 Å². The van der Waals surface area contributed by atoms with Gasteiger partial charge in [0.15, 0.2) is 0 Å². The number of aliphatic hydroxyl groups is 2. The molecule has 2 atom stereocenters.